The molecule has 20 heavy (non-hydrogen) atoms. The summed E-state index contributed by atoms with van der Waals surface area (Å²) in [6.45, 7) is 3.55. The Morgan fingerprint density at radius 1 is 1.20 bits per heavy atom. The first kappa shape index (κ1) is 15.0. The van der Waals surface area contributed by atoms with Crippen LogP contribution >= 0.6 is 11.3 Å². The molecule has 1 amide bonds. The van der Waals surface area contributed by atoms with Gasteiger partial charge in [0, 0.05) is 44.0 Å². The number of amides is 1. The third kappa shape index (κ3) is 4.61. The van der Waals surface area contributed by atoms with E-state index in [1.54, 1.807) is 11.3 Å². The summed E-state index contributed by atoms with van der Waals surface area (Å²) >= 11 is 1.69. The van der Waals surface area contributed by atoms with Crippen LogP contribution in [0.3, 0.4) is 0 Å². The lowest BCUT2D eigenvalue weighted by molar-refractivity contribution is -0.138. The van der Waals surface area contributed by atoms with E-state index < -0.39 is 5.97 Å². The fraction of sp³-hybridized carbons (Fsp3) is 0.571. The molecule has 0 spiro atoms. The maximum absolute atomic E-state index is 12.1. The van der Waals surface area contributed by atoms with Crippen LogP contribution < -0.4 is 0 Å². The molecule has 1 N–H and O–H groups in total. The van der Waals surface area contributed by atoms with Crippen molar-refractivity contribution in [2.24, 2.45) is 0 Å². The highest BCUT2D eigenvalue weighted by Gasteiger charge is 2.20. The Bertz CT molecular complexity index is 439. The van der Waals surface area contributed by atoms with Crippen LogP contribution in [-0.2, 0) is 16.0 Å². The second-order valence-electron chi connectivity index (χ2n) is 4.95. The van der Waals surface area contributed by atoms with E-state index >= 15 is 0 Å². The number of piperazine rings is 1. The van der Waals surface area contributed by atoms with Crippen molar-refractivity contribution in [1.82, 2.24) is 9.80 Å². The van der Waals surface area contributed by atoms with Gasteiger partial charge in [0.1, 0.15) is 0 Å². The van der Waals surface area contributed by atoms with Gasteiger partial charge in [-0.15, -0.1) is 11.3 Å². The minimum Gasteiger partial charge on any atom is -0.481 e. The van der Waals surface area contributed by atoms with Crippen molar-refractivity contribution in [2.45, 2.75) is 19.3 Å². The van der Waals surface area contributed by atoms with Crippen LogP contribution in [0.15, 0.2) is 17.5 Å². The molecule has 110 valence electrons. The molecule has 1 aromatic rings. The number of carboxylic acids is 1. The second-order valence-corrected chi connectivity index (χ2v) is 5.98. The van der Waals surface area contributed by atoms with E-state index in [1.807, 2.05) is 16.3 Å². The molecule has 1 aliphatic rings. The zero-order chi connectivity index (χ0) is 14.4. The number of hydrogen-bond acceptors (Lipinski definition) is 4. The molecule has 2 rings (SSSR count). The number of rotatable bonds is 6. The van der Waals surface area contributed by atoms with Gasteiger partial charge < -0.3 is 10.0 Å². The molecule has 0 bridgehead atoms. The minimum absolute atomic E-state index is 0.173. The molecule has 0 saturated carbocycles. The van der Waals surface area contributed by atoms with E-state index in [0.29, 0.717) is 26.1 Å². The average molecular weight is 296 g/mol. The van der Waals surface area contributed by atoms with Crippen molar-refractivity contribution in [3.8, 4) is 0 Å². The van der Waals surface area contributed by atoms with Crippen LogP contribution in [0.1, 0.15) is 17.7 Å². The Morgan fingerprint density at radius 2 is 1.95 bits per heavy atom. The molecule has 0 aliphatic carbocycles. The summed E-state index contributed by atoms with van der Waals surface area (Å²) in [4.78, 5) is 27.9. The summed E-state index contributed by atoms with van der Waals surface area (Å²) in [5.41, 5.74) is 0. The van der Waals surface area contributed by atoms with Gasteiger partial charge in [-0.25, -0.2) is 0 Å². The van der Waals surface area contributed by atoms with E-state index in [-0.39, 0.29) is 12.3 Å². The van der Waals surface area contributed by atoms with Crippen LogP contribution in [-0.4, -0.2) is 59.5 Å². The van der Waals surface area contributed by atoms with Crippen molar-refractivity contribution >= 4 is 23.2 Å². The number of aryl methyl sites for hydroxylation is 1. The van der Waals surface area contributed by atoms with Gasteiger partial charge in [0.05, 0.1) is 6.42 Å². The lowest BCUT2D eigenvalue weighted by Gasteiger charge is -2.34. The van der Waals surface area contributed by atoms with Gasteiger partial charge in [0.15, 0.2) is 0 Å². The average Bonchev–Trinajstić information content (AvgIpc) is 2.96. The highest BCUT2D eigenvalue weighted by atomic mass is 32.1. The van der Waals surface area contributed by atoms with Crippen LogP contribution in [0.4, 0.5) is 0 Å². The number of carbonyl (C=O) groups excluding carboxylic acids is 1. The van der Waals surface area contributed by atoms with Crippen LogP contribution in [0.2, 0.25) is 0 Å². The zero-order valence-corrected chi connectivity index (χ0v) is 12.3. The molecule has 0 atom stereocenters. The summed E-state index contributed by atoms with van der Waals surface area (Å²) in [7, 11) is 0. The van der Waals surface area contributed by atoms with Gasteiger partial charge in [-0.3, -0.25) is 14.5 Å². The summed E-state index contributed by atoms with van der Waals surface area (Å²) in [6.07, 6.45) is 1.55. The maximum Gasteiger partial charge on any atom is 0.304 e. The van der Waals surface area contributed by atoms with Gasteiger partial charge in [0.2, 0.25) is 5.91 Å². The van der Waals surface area contributed by atoms with Gasteiger partial charge in [-0.05, 0) is 17.9 Å². The van der Waals surface area contributed by atoms with Crippen molar-refractivity contribution in [3.63, 3.8) is 0 Å². The first-order valence-electron chi connectivity index (χ1n) is 6.89. The summed E-state index contributed by atoms with van der Waals surface area (Å²) in [6, 6.07) is 4.06. The number of thiophene rings is 1. The lowest BCUT2D eigenvalue weighted by Crippen LogP contribution is -2.49. The standard InChI is InChI=1S/C14H20N2O3S/c17-13(4-3-12-2-1-11-20-12)16-9-7-15(8-10-16)6-5-14(18)19/h1-2,11H,3-10H2,(H,18,19). The van der Waals surface area contributed by atoms with Crippen LogP contribution in [0.5, 0.6) is 0 Å². The molecule has 5 nitrogen and oxygen atoms in total. The highest BCUT2D eigenvalue weighted by Crippen LogP contribution is 2.12. The second kappa shape index (κ2) is 7.40. The van der Waals surface area contributed by atoms with Gasteiger partial charge in [0.25, 0.3) is 0 Å². The third-order valence-corrected chi connectivity index (χ3v) is 4.47. The Morgan fingerprint density at radius 3 is 2.55 bits per heavy atom. The number of aliphatic carboxylic acids is 1. The largest absolute Gasteiger partial charge is 0.481 e. The smallest absolute Gasteiger partial charge is 0.304 e. The van der Waals surface area contributed by atoms with E-state index in [0.717, 1.165) is 19.5 Å². The molecule has 1 aromatic heterocycles. The Balaban J connectivity index is 1.67. The highest BCUT2D eigenvalue weighted by molar-refractivity contribution is 7.09. The molecule has 0 radical (unpaired) electrons. The Kier molecular flexibility index (Phi) is 5.55. The Labute approximate surface area is 122 Å². The SMILES string of the molecule is O=C(O)CCN1CCN(C(=O)CCc2cccs2)CC1. The van der Waals surface area contributed by atoms with Crippen molar-refractivity contribution < 1.29 is 14.7 Å². The van der Waals surface area contributed by atoms with Crippen molar-refractivity contribution in [1.29, 1.82) is 0 Å². The third-order valence-electron chi connectivity index (χ3n) is 3.53. The summed E-state index contributed by atoms with van der Waals surface area (Å²) in [5.74, 6) is -0.560. The number of hydrogen-bond donors (Lipinski definition) is 1. The van der Waals surface area contributed by atoms with Crippen LogP contribution in [0, 0.1) is 0 Å². The summed E-state index contributed by atoms with van der Waals surface area (Å²) in [5, 5.41) is 10.7. The van der Waals surface area contributed by atoms with Crippen LogP contribution in [0.25, 0.3) is 0 Å². The topological polar surface area (TPSA) is 60.9 Å². The molecule has 2 heterocycles. The van der Waals surface area contributed by atoms with Gasteiger partial charge in [-0.2, -0.15) is 0 Å². The molecular formula is C14H20N2O3S. The first-order valence-corrected chi connectivity index (χ1v) is 7.77. The van der Waals surface area contributed by atoms with E-state index in [1.165, 1.54) is 4.88 Å². The maximum atomic E-state index is 12.1. The molecular weight excluding hydrogens is 276 g/mol. The predicted octanol–water partition coefficient (Wildman–Crippen LogP) is 1.30. The quantitative estimate of drug-likeness (QED) is 0.859. The first-order chi connectivity index (χ1) is 9.65. The summed E-state index contributed by atoms with van der Waals surface area (Å²) < 4.78 is 0. The number of carboxylic acid groups (broad SMARTS) is 1. The number of nitrogens with zero attached hydrogens (tertiary/aromatic N) is 2. The van der Waals surface area contributed by atoms with E-state index in [9.17, 15) is 9.59 Å². The molecule has 6 heteroatoms. The van der Waals surface area contributed by atoms with Gasteiger partial charge >= 0.3 is 5.97 Å². The predicted molar refractivity (Wildman–Crippen MR) is 77.9 cm³/mol. The molecule has 1 fully saturated rings. The molecule has 1 aliphatic heterocycles. The van der Waals surface area contributed by atoms with E-state index in [4.69, 9.17) is 5.11 Å². The lowest BCUT2D eigenvalue weighted by atomic mass is 10.2. The van der Waals surface area contributed by atoms with Crippen molar-refractivity contribution in [2.75, 3.05) is 32.7 Å². The van der Waals surface area contributed by atoms with E-state index in [2.05, 4.69) is 11.0 Å². The molecule has 1 saturated heterocycles. The normalized spacial score (nSPS) is 16.3. The minimum atomic E-state index is -0.764. The molecule has 0 aromatic carbocycles. The van der Waals surface area contributed by atoms with Crippen molar-refractivity contribution in [3.05, 3.63) is 22.4 Å². The molecule has 0 unspecified atom stereocenters. The van der Waals surface area contributed by atoms with Gasteiger partial charge in [-0.1, -0.05) is 6.07 Å². The zero-order valence-electron chi connectivity index (χ0n) is 11.5. The fourth-order valence-electron chi connectivity index (χ4n) is 2.32. The number of carbonyl (C=O) groups is 2. The fourth-order valence-corrected chi connectivity index (χ4v) is 3.03. The Hall–Kier alpha value is -1.40. The monoisotopic (exact) mass is 296 g/mol.